The smallest absolute Gasteiger partial charge is 0.387 e. The molecular formula is C25H25F2NO7. The van der Waals surface area contributed by atoms with Crippen molar-refractivity contribution in [3.63, 3.8) is 0 Å². The molecule has 2 aromatic carbocycles. The monoisotopic (exact) mass is 489 g/mol. The molecule has 0 aliphatic rings. The van der Waals surface area contributed by atoms with Crippen LogP contribution >= 0.6 is 0 Å². The van der Waals surface area contributed by atoms with Crippen molar-refractivity contribution in [1.29, 1.82) is 0 Å². The third-order valence-corrected chi connectivity index (χ3v) is 5.62. The lowest BCUT2D eigenvalue weighted by Gasteiger charge is -2.21. The number of hydrogen-bond acceptors (Lipinski definition) is 7. The molecule has 0 aliphatic carbocycles. The summed E-state index contributed by atoms with van der Waals surface area (Å²) in [6.45, 7) is -1.26. The Kier molecular flexibility index (Phi) is 7.95. The molecule has 8 nitrogen and oxygen atoms in total. The molecular weight excluding hydrogens is 464 g/mol. The Bertz CT molecular complexity index is 1270. The van der Waals surface area contributed by atoms with Crippen LogP contribution in [0.15, 0.2) is 53.3 Å². The van der Waals surface area contributed by atoms with Crippen molar-refractivity contribution in [3.8, 4) is 23.0 Å². The van der Waals surface area contributed by atoms with Gasteiger partial charge >= 0.3 is 12.6 Å². The number of aromatic nitrogens is 1. The van der Waals surface area contributed by atoms with Crippen LogP contribution < -0.4 is 10.3 Å². The fourth-order valence-electron chi connectivity index (χ4n) is 3.88. The van der Waals surface area contributed by atoms with E-state index < -0.39 is 24.1 Å². The summed E-state index contributed by atoms with van der Waals surface area (Å²) >= 11 is 0. The zero-order chi connectivity index (χ0) is 25.7. The number of esters is 1. The zero-order valence-electron chi connectivity index (χ0n) is 19.1. The van der Waals surface area contributed by atoms with Crippen molar-refractivity contribution < 1.29 is 38.4 Å². The molecule has 0 radical (unpaired) electrons. The summed E-state index contributed by atoms with van der Waals surface area (Å²) in [4.78, 5) is 25.7. The van der Waals surface area contributed by atoms with Crippen molar-refractivity contribution in [3.05, 3.63) is 81.3 Å². The third-order valence-electron chi connectivity index (χ3n) is 5.62. The van der Waals surface area contributed by atoms with Gasteiger partial charge in [-0.2, -0.15) is 8.78 Å². The van der Waals surface area contributed by atoms with Crippen molar-refractivity contribution in [1.82, 2.24) is 4.57 Å². The molecule has 0 aliphatic heterocycles. The molecule has 3 aromatic rings. The molecule has 0 amide bonds. The predicted molar refractivity (Wildman–Crippen MR) is 122 cm³/mol. The number of phenols is 2. The van der Waals surface area contributed by atoms with Crippen LogP contribution in [0.2, 0.25) is 0 Å². The number of phenolic OH excluding ortho intramolecular Hbond substituents is 2. The molecule has 0 spiro atoms. The van der Waals surface area contributed by atoms with E-state index >= 15 is 0 Å². The van der Waals surface area contributed by atoms with Gasteiger partial charge in [-0.25, -0.2) is 0 Å². The second-order valence-electron chi connectivity index (χ2n) is 7.90. The highest BCUT2D eigenvalue weighted by molar-refractivity contribution is 5.71. The summed E-state index contributed by atoms with van der Waals surface area (Å²) in [7, 11) is 1.18. The Hall–Kier alpha value is -4.08. The molecule has 0 unspecified atom stereocenters. The number of aromatic hydroxyl groups is 3. The first kappa shape index (κ1) is 25.5. The second kappa shape index (κ2) is 10.9. The quantitative estimate of drug-likeness (QED) is 0.309. The van der Waals surface area contributed by atoms with Gasteiger partial charge in [0.05, 0.1) is 19.1 Å². The van der Waals surface area contributed by atoms with Crippen LogP contribution in [0.25, 0.3) is 0 Å². The summed E-state index contributed by atoms with van der Waals surface area (Å²) in [5, 5.41) is 29.9. The maximum Gasteiger partial charge on any atom is 0.387 e. The van der Waals surface area contributed by atoms with Gasteiger partial charge in [-0.3, -0.25) is 9.59 Å². The van der Waals surface area contributed by atoms with Crippen molar-refractivity contribution >= 4 is 5.97 Å². The van der Waals surface area contributed by atoms with E-state index in [4.69, 9.17) is 4.74 Å². The van der Waals surface area contributed by atoms with Crippen LogP contribution in [0.3, 0.4) is 0 Å². The van der Waals surface area contributed by atoms with E-state index in [1.165, 1.54) is 54.1 Å². The van der Waals surface area contributed by atoms with Crippen LogP contribution in [-0.4, -0.2) is 39.6 Å². The van der Waals surface area contributed by atoms with Gasteiger partial charge in [0.2, 0.25) is 0 Å². The molecule has 0 saturated heterocycles. The number of nitrogens with zero attached hydrogens (tertiary/aromatic N) is 1. The summed E-state index contributed by atoms with van der Waals surface area (Å²) in [5.41, 5.74) is 0.748. The predicted octanol–water partition coefficient (Wildman–Crippen LogP) is 3.81. The number of carbonyl (C=O) groups is 1. The first-order valence-electron chi connectivity index (χ1n) is 10.7. The van der Waals surface area contributed by atoms with Crippen molar-refractivity contribution in [2.45, 2.75) is 38.8 Å². The summed E-state index contributed by atoms with van der Waals surface area (Å²) < 4.78 is 36.0. The van der Waals surface area contributed by atoms with Gasteiger partial charge in [-0.15, -0.1) is 0 Å². The molecule has 1 aromatic heterocycles. The highest BCUT2D eigenvalue weighted by atomic mass is 19.3. The Labute approximate surface area is 199 Å². The first-order chi connectivity index (χ1) is 16.6. The van der Waals surface area contributed by atoms with Crippen LogP contribution in [-0.2, 0) is 22.5 Å². The SMILES string of the molecule is COC(=O)C[C@@H](c1cccc(OC(F)F)c1)c1c(O)cc(C)n(CCc2ccc(O)c(O)c2)c1=O. The van der Waals surface area contributed by atoms with E-state index in [2.05, 4.69) is 4.74 Å². The van der Waals surface area contributed by atoms with E-state index in [9.17, 15) is 33.7 Å². The Morgan fingerprint density at radius 3 is 2.43 bits per heavy atom. The summed E-state index contributed by atoms with van der Waals surface area (Å²) in [6, 6.07) is 11.3. The number of carbonyl (C=O) groups excluding carboxylic acids is 1. The lowest BCUT2D eigenvalue weighted by Crippen LogP contribution is -2.29. The normalized spacial score (nSPS) is 11.9. The first-order valence-corrected chi connectivity index (χ1v) is 10.7. The minimum Gasteiger partial charge on any atom is -0.507 e. The summed E-state index contributed by atoms with van der Waals surface area (Å²) in [6.07, 6.45) is -0.00941. The van der Waals surface area contributed by atoms with Crippen LogP contribution in [0.1, 0.15) is 34.7 Å². The van der Waals surface area contributed by atoms with Gasteiger partial charge in [0.25, 0.3) is 5.56 Å². The van der Waals surface area contributed by atoms with E-state index in [1.54, 1.807) is 13.0 Å². The number of benzene rings is 2. The van der Waals surface area contributed by atoms with Gasteiger partial charge in [-0.05, 0) is 54.8 Å². The van der Waals surface area contributed by atoms with E-state index in [-0.39, 0.29) is 41.5 Å². The molecule has 0 saturated carbocycles. The number of pyridine rings is 1. The number of hydrogen-bond donors (Lipinski definition) is 3. The standard InChI is InChI=1S/C25H25F2NO7/c1-14-10-21(31)23(24(33)28(14)9-8-15-6-7-19(29)20(30)11-15)18(13-22(32)34-2)16-4-3-5-17(12-16)35-25(26)27/h3-7,10-12,18,25,29-31H,8-9,13H2,1-2H3/t18-/m0/s1. The Morgan fingerprint density at radius 1 is 1.03 bits per heavy atom. The minimum absolute atomic E-state index is 0.0937. The molecule has 35 heavy (non-hydrogen) atoms. The fraction of sp³-hybridized carbons (Fsp3) is 0.280. The number of halogens is 2. The molecule has 1 atom stereocenters. The average molecular weight is 489 g/mol. The van der Waals surface area contributed by atoms with Crippen molar-refractivity contribution in [2.75, 3.05) is 7.11 Å². The number of methoxy groups -OCH3 is 1. The number of aryl methyl sites for hydroxylation is 2. The topological polar surface area (TPSA) is 118 Å². The second-order valence-corrected chi connectivity index (χ2v) is 7.90. The zero-order valence-corrected chi connectivity index (χ0v) is 19.1. The summed E-state index contributed by atoms with van der Waals surface area (Å²) in [5.74, 6) is -2.73. The third kappa shape index (κ3) is 6.08. The number of rotatable bonds is 9. The number of ether oxygens (including phenoxy) is 2. The lowest BCUT2D eigenvalue weighted by molar-refractivity contribution is -0.140. The molecule has 0 bridgehead atoms. The molecule has 3 N–H and O–H groups in total. The lowest BCUT2D eigenvalue weighted by atomic mass is 9.88. The van der Waals surface area contributed by atoms with Gasteiger partial charge in [0.15, 0.2) is 11.5 Å². The van der Waals surface area contributed by atoms with Crippen LogP contribution in [0.4, 0.5) is 8.78 Å². The fourth-order valence-corrected chi connectivity index (χ4v) is 3.88. The van der Waals surface area contributed by atoms with Crippen molar-refractivity contribution in [2.24, 2.45) is 0 Å². The maximum atomic E-state index is 13.5. The van der Waals surface area contributed by atoms with E-state index in [1.807, 2.05) is 0 Å². The average Bonchev–Trinajstić information content (AvgIpc) is 2.79. The molecule has 186 valence electrons. The maximum absolute atomic E-state index is 13.5. The molecule has 3 rings (SSSR count). The molecule has 1 heterocycles. The molecule has 0 fully saturated rings. The van der Waals surface area contributed by atoms with Gasteiger partial charge in [0.1, 0.15) is 11.5 Å². The van der Waals surface area contributed by atoms with E-state index in [0.29, 0.717) is 23.2 Å². The number of alkyl halides is 2. The largest absolute Gasteiger partial charge is 0.507 e. The van der Waals surface area contributed by atoms with Gasteiger partial charge in [0, 0.05) is 18.2 Å². The molecule has 10 heteroatoms. The van der Waals surface area contributed by atoms with Crippen LogP contribution in [0, 0.1) is 6.92 Å². The van der Waals surface area contributed by atoms with Gasteiger partial charge in [-0.1, -0.05) is 18.2 Å². The Morgan fingerprint density at radius 2 is 1.77 bits per heavy atom. The van der Waals surface area contributed by atoms with E-state index in [0.717, 1.165) is 0 Å². The van der Waals surface area contributed by atoms with Gasteiger partial charge < -0.3 is 29.4 Å². The highest BCUT2D eigenvalue weighted by Crippen LogP contribution is 2.34. The minimum atomic E-state index is -3.06. The highest BCUT2D eigenvalue weighted by Gasteiger charge is 2.27. The Balaban J connectivity index is 2.05. The van der Waals surface area contributed by atoms with Crippen LogP contribution in [0.5, 0.6) is 23.0 Å².